The third kappa shape index (κ3) is 3.76. The van der Waals surface area contributed by atoms with Crippen molar-refractivity contribution in [3.63, 3.8) is 0 Å². The molecule has 5 heteroatoms. The summed E-state index contributed by atoms with van der Waals surface area (Å²) in [5.41, 5.74) is 12.3. The van der Waals surface area contributed by atoms with Crippen molar-refractivity contribution in [2.75, 3.05) is 24.6 Å². The Morgan fingerprint density at radius 1 is 1.47 bits per heavy atom. The maximum Gasteiger partial charge on any atom is 0.216 e. The molecule has 5 N–H and O–H groups in total. The number of hydrogen-bond acceptors (Lipinski definition) is 4. The van der Waals surface area contributed by atoms with Gasteiger partial charge in [-0.3, -0.25) is 4.79 Å². The van der Waals surface area contributed by atoms with E-state index in [0.717, 1.165) is 0 Å². The zero-order valence-electron chi connectivity index (χ0n) is 8.62. The number of nitrogen functional groups attached to an aromatic ring is 2. The fraction of sp³-hybridized carbons (Fsp3) is 0.300. The summed E-state index contributed by atoms with van der Waals surface area (Å²) in [7, 11) is 0. The molecule has 1 rings (SSSR count). The van der Waals surface area contributed by atoms with Gasteiger partial charge in [0.05, 0.1) is 12.2 Å². The number of ether oxygens (including phenoxy) is 1. The van der Waals surface area contributed by atoms with Crippen LogP contribution in [-0.4, -0.2) is 19.1 Å². The molecule has 0 saturated heterocycles. The summed E-state index contributed by atoms with van der Waals surface area (Å²) in [6.07, 6.45) is 0. The van der Waals surface area contributed by atoms with Gasteiger partial charge in [0.2, 0.25) is 5.91 Å². The topological polar surface area (TPSA) is 90.4 Å². The van der Waals surface area contributed by atoms with Crippen molar-refractivity contribution in [3.05, 3.63) is 18.2 Å². The van der Waals surface area contributed by atoms with Crippen molar-refractivity contribution in [1.82, 2.24) is 5.32 Å². The lowest BCUT2D eigenvalue weighted by molar-refractivity contribution is -0.119. The molecule has 5 nitrogen and oxygen atoms in total. The predicted molar refractivity (Wildman–Crippen MR) is 59.4 cm³/mol. The van der Waals surface area contributed by atoms with Gasteiger partial charge in [0.1, 0.15) is 12.4 Å². The second-order valence-electron chi connectivity index (χ2n) is 3.13. The number of carbonyl (C=O) groups is 1. The first-order valence-corrected chi connectivity index (χ1v) is 4.62. The fourth-order valence-electron chi connectivity index (χ4n) is 1.09. The second kappa shape index (κ2) is 5.09. The van der Waals surface area contributed by atoms with Crippen LogP contribution in [0.5, 0.6) is 5.75 Å². The molecule has 0 heterocycles. The summed E-state index contributed by atoms with van der Waals surface area (Å²) in [6, 6.07) is 5.05. The summed E-state index contributed by atoms with van der Waals surface area (Å²) in [6.45, 7) is 2.30. The Bertz CT molecular complexity index is 353. The Balaban J connectivity index is 2.40. The van der Waals surface area contributed by atoms with Gasteiger partial charge in [0, 0.05) is 12.6 Å². The molecule has 0 unspecified atom stereocenters. The number of carbonyl (C=O) groups excluding carboxylic acids is 1. The number of nitrogens with one attached hydrogen (secondary N) is 1. The molecule has 0 spiro atoms. The van der Waals surface area contributed by atoms with Crippen LogP contribution in [0, 0.1) is 0 Å². The molecule has 1 aromatic rings. The average molecular weight is 209 g/mol. The van der Waals surface area contributed by atoms with Crippen LogP contribution in [0.4, 0.5) is 11.4 Å². The van der Waals surface area contributed by atoms with Crippen molar-refractivity contribution in [2.24, 2.45) is 0 Å². The van der Waals surface area contributed by atoms with E-state index < -0.39 is 0 Å². The fourth-order valence-corrected chi connectivity index (χ4v) is 1.09. The van der Waals surface area contributed by atoms with E-state index in [1.54, 1.807) is 18.2 Å². The van der Waals surface area contributed by atoms with Crippen molar-refractivity contribution < 1.29 is 9.53 Å². The number of hydrogen-bond donors (Lipinski definition) is 3. The van der Waals surface area contributed by atoms with Crippen LogP contribution in [0.2, 0.25) is 0 Å². The van der Waals surface area contributed by atoms with Gasteiger partial charge in [-0.05, 0) is 18.2 Å². The zero-order valence-corrected chi connectivity index (χ0v) is 8.62. The van der Waals surface area contributed by atoms with Gasteiger partial charge in [-0.2, -0.15) is 0 Å². The summed E-state index contributed by atoms with van der Waals surface area (Å²) < 4.78 is 5.35. The normalized spacial score (nSPS) is 9.67. The van der Waals surface area contributed by atoms with E-state index in [1.807, 2.05) is 0 Å². The summed E-state index contributed by atoms with van der Waals surface area (Å²) in [5.74, 6) is 0.499. The number of anilines is 2. The van der Waals surface area contributed by atoms with E-state index in [0.29, 0.717) is 30.3 Å². The highest BCUT2D eigenvalue weighted by Gasteiger charge is 2.00. The summed E-state index contributed by atoms with van der Waals surface area (Å²) >= 11 is 0. The Kier molecular flexibility index (Phi) is 3.79. The molecular weight excluding hydrogens is 194 g/mol. The predicted octanol–water partition coefficient (Wildman–Crippen LogP) is 0.366. The van der Waals surface area contributed by atoms with Crippen LogP contribution >= 0.6 is 0 Å². The number of benzene rings is 1. The minimum absolute atomic E-state index is 0.0797. The smallest absolute Gasteiger partial charge is 0.216 e. The van der Waals surface area contributed by atoms with Gasteiger partial charge in [-0.1, -0.05) is 0 Å². The monoisotopic (exact) mass is 209 g/mol. The maximum absolute atomic E-state index is 10.6. The number of amides is 1. The molecule has 0 aromatic heterocycles. The highest BCUT2D eigenvalue weighted by atomic mass is 16.5. The quantitative estimate of drug-likeness (QED) is 0.493. The number of nitrogens with two attached hydrogens (primary N) is 2. The van der Waals surface area contributed by atoms with E-state index in [2.05, 4.69) is 5.32 Å². The molecule has 1 amide bonds. The third-order valence-electron chi connectivity index (χ3n) is 1.77. The lowest BCUT2D eigenvalue weighted by atomic mass is 10.2. The lowest BCUT2D eigenvalue weighted by Crippen LogP contribution is -2.25. The van der Waals surface area contributed by atoms with Crippen LogP contribution in [0.15, 0.2) is 18.2 Å². The molecule has 15 heavy (non-hydrogen) atoms. The zero-order chi connectivity index (χ0) is 11.3. The van der Waals surface area contributed by atoms with E-state index in [-0.39, 0.29) is 5.91 Å². The van der Waals surface area contributed by atoms with Gasteiger partial charge in [-0.25, -0.2) is 0 Å². The minimum Gasteiger partial charge on any atom is -0.490 e. The Morgan fingerprint density at radius 2 is 2.20 bits per heavy atom. The van der Waals surface area contributed by atoms with E-state index in [4.69, 9.17) is 16.2 Å². The Morgan fingerprint density at radius 3 is 2.80 bits per heavy atom. The molecule has 1 aromatic carbocycles. The Labute approximate surface area is 88.4 Å². The molecule has 0 atom stereocenters. The molecule has 0 bridgehead atoms. The molecule has 0 radical (unpaired) electrons. The first-order valence-electron chi connectivity index (χ1n) is 4.62. The largest absolute Gasteiger partial charge is 0.490 e. The highest BCUT2D eigenvalue weighted by molar-refractivity contribution is 5.72. The maximum atomic E-state index is 10.6. The summed E-state index contributed by atoms with van der Waals surface area (Å²) in [4.78, 5) is 10.6. The van der Waals surface area contributed by atoms with Crippen molar-refractivity contribution in [1.29, 1.82) is 0 Å². The van der Waals surface area contributed by atoms with Crippen molar-refractivity contribution in [2.45, 2.75) is 6.92 Å². The van der Waals surface area contributed by atoms with Crippen LogP contribution in [-0.2, 0) is 4.79 Å². The SMILES string of the molecule is CC(=O)NCCOc1ccc(N)cc1N. The first kappa shape index (κ1) is 11.2. The Hall–Kier alpha value is -1.91. The van der Waals surface area contributed by atoms with Crippen LogP contribution < -0.4 is 21.5 Å². The van der Waals surface area contributed by atoms with Crippen LogP contribution in [0.1, 0.15) is 6.92 Å². The van der Waals surface area contributed by atoms with Gasteiger partial charge in [0.15, 0.2) is 0 Å². The van der Waals surface area contributed by atoms with Gasteiger partial charge in [-0.15, -0.1) is 0 Å². The van der Waals surface area contributed by atoms with Crippen molar-refractivity contribution >= 4 is 17.3 Å². The molecule has 0 aliphatic heterocycles. The van der Waals surface area contributed by atoms with Gasteiger partial charge in [0.25, 0.3) is 0 Å². The van der Waals surface area contributed by atoms with Crippen molar-refractivity contribution in [3.8, 4) is 5.75 Å². The first-order chi connectivity index (χ1) is 7.09. The lowest BCUT2D eigenvalue weighted by Gasteiger charge is -2.09. The highest BCUT2D eigenvalue weighted by Crippen LogP contribution is 2.23. The van der Waals surface area contributed by atoms with E-state index in [1.165, 1.54) is 6.92 Å². The number of rotatable bonds is 4. The molecule has 0 fully saturated rings. The van der Waals surface area contributed by atoms with Crippen LogP contribution in [0.25, 0.3) is 0 Å². The average Bonchev–Trinajstić information content (AvgIpc) is 2.14. The van der Waals surface area contributed by atoms with Gasteiger partial charge < -0.3 is 21.5 Å². The molecule has 82 valence electrons. The second-order valence-corrected chi connectivity index (χ2v) is 3.13. The van der Waals surface area contributed by atoms with Crippen LogP contribution in [0.3, 0.4) is 0 Å². The molecular formula is C10H15N3O2. The molecule has 0 saturated carbocycles. The molecule has 0 aliphatic carbocycles. The minimum atomic E-state index is -0.0797. The summed E-state index contributed by atoms with van der Waals surface area (Å²) in [5, 5.41) is 2.62. The van der Waals surface area contributed by atoms with E-state index >= 15 is 0 Å². The van der Waals surface area contributed by atoms with E-state index in [9.17, 15) is 4.79 Å². The molecule has 0 aliphatic rings. The standard InChI is InChI=1S/C10H15N3O2/c1-7(14)13-4-5-15-10-3-2-8(11)6-9(10)12/h2-3,6H,4-5,11-12H2,1H3,(H,13,14). The van der Waals surface area contributed by atoms with Gasteiger partial charge >= 0.3 is 0 Å². The third-order valence-corrected chi connectivity index (χ3v) is 1.77.